The quantitative estimate of drug-likeness (QED) is 0.576. The maximum atomic E-state index is 14.4. The van der Waals surface area contributed by atoms with Gasteiger partial charge in [-0.2, -0.15) is 0 Å². The Kier molecular flexibility index (Phi) is 4.54. The minimum absolute atomic E-state index is 0.0245. The molecule has 0 aromatic carbocycles. The topological polar surface area (TPSA) is 39.9 Å². The van der Waals surface area contributed by atoms with E-state index in [0.29, 0.717) is 5.56 Å². The summed E-state index contributed by atoms with van der Waals surface area (Å²) in [6, 6.07) is 3.81. The Morgan fingerprint density at radius 2 is 2.09 bits per heavy atom. The molecule has 0 radical (unpaired) electrons. The second-order valence-electron chi connectivity index (χ2n) is 6.82. The zero-order chi connectivity index (χ0) is 15.7. The van der Waals surface area contributed by atoms with Gasteiger partial charge in [0.1, 0.15) is 0 Å². The van der Waals surface area contributed by atoms with Crippen LogP contribution in [0.25, 0.3) is 11.1 Å². The van der Waals surface area contributed by atoms with Crippen LogP contribution in [0.5, 0.6) is 0 Å². The fourth-order valence-electron chi connectivity index (χ4n) is 2.63. The molecule has 1 saturated heterocycles. The molecule has 0 bridgehead atoms. The van der Waals surface area contributed by atoms with Gasteiger partial charge in [0.15, 0.2) is 0 Å². The molecule has 0 N–H and O–H groups in total. The molecule has 0 spiro atoms. The van der Waals surface area contributed by atoms with Crippen molar-refractivity contribution in [1.29, 1.82) is 0 Å². The van der Waals surface area contributed by atoms with Gasteiger partial charge in [-0.15, -0.1) is 0 Å². The van der Waals surface area contributed by atoms with E-state index in [9.17, 15) is 4.39 Å². The van der Waals surface area contributed by atoms with Crippen LogP contribution in [0.15, 0.2) is 24.5 Å². The monoisotopic (exact) mass is 411 g/mol. The third-order valence-electron chi connectivity index (χ3n) is 3.98. The number of hydrogen-bond donors (Lipinski definition) is 0. The maximum absolute atomic E-state index is 14.4. The predicted octanol–water partition coefficient (Wildman–Crippen LogP) is 3.33. The van der Waals surface area contributed by atoms with Crippen LogP contribution in [-0.2, 0) is 4.74 Å². The van der Waals surface area contributed by atoms with Crippen LogP contribution in [0.1, 0.15) is 25.5 Å². The molecular formula is C16H22FN3OSn. The van der Waals surface area contributed by atoms with E-state index < -0.39 is 24.3 Å². The molecule has 1 atom stereocenters. The van der Waals surface area contributed by atoms with E-state index >= 15 is 0 Å². The number of nitrogens with zero attached hydrogens (tertiary/aromatic N) is 3. The summed E-state index contributed by atoms with van der Waals surface area (Å²) >= 11 is -2.34. The summed E-state index contributed by atoms with van der Waals surface area (Å²) in [5, 5.41) is 4.34. The SMILES string of the molecule is [CH3][Sn]([CH3])([CH3])[c]1ccc(-c2cnn(C3CCCCO3)c2)c(F)n1. The van der Waals surface area contributed by atoms with Crippen LogP contribution < -0.4 is 3.71 Å². The molecule has 1 aliphatic heterocycles. The first-order valence-corrected chi connectivity index (χ1v) is 17.8. The fraction of sp³-hybridized carbons (Fsp3) is 0.500. The van der Waals surface area contributed by atoms with Crippen LogP contribution >= 0.6 is 0 Å². The normalized spacial score (nSPS) is 19.4. The van der Waals surface area contributed by atoms with Gasteiger partial charge in [0.2, 0.25) is 0 Å². The molecule has 3 heterocycles. The van der Waals surface area contributed by atoms with Crippen molar-refractivity contribution in [3.8, 4) is 11.1 Å². The Bertz CT molecular complexity index is 660. The number of rotatable bonds is 3. The molecule has 4 nitrogen and oxygen atoms in total. The zero-order valence-electron chi connectivity index (χ0n) is 13.3. The molecule has 0 saturated carbocycles. The van der Waals surface area contributed by atoms with E-state index in [1.165, 1.54) is 0 Å². The zero-order valence-corrected chi connectivity index (χ0v) is 16.2. The Hall–Kier alpha value is -0.951. The molecule has 2 aromatic rings. The summed E-state index contributed by atoms with van der Waals surface area (Å²) in [5.74, 6) is -0.395. The van der Waals surface area contributed by atoms with Crippen molar-refractivity contribution < 1.29 is 9.13 Å². The molecule has 118 valence electrons. The van der Waals surface area contributed by atoms with Crippen molar-refractivity contribution in [3.63, 3.8) is 0 Å². The predicted molar refractivity (Wildman–Crippen MR) is 87.2 cm³/mol. The summed E-state index contributed by atoms with van der Waals surface area (Å²) in [6.07, 6.45) is 6.73. The standard InChI is InChI=1S/C13H13FN3O.3CH3.Sn/c14-13-11(4-3-6-15-13)10-8-16-17(9-10)12-5-1-2-7-18-12;;;;/h3-4,8-9,12H,1-2,5,7H2;3*1H3;. The van der Waals surface area contributed by atoms with Crippen LogP contribution in [-0.4, -0.2) is 39.7 Å². The van der Waals surface area contributed by atoms with Crippen molar-refractivity contribution in [1.82, 2.24) is 14.8 Å². The molecule has 1 fully saturated rings. The molecular weight excluding hydrogens is 388 g/mol. The van der Waals surface area contributed by atoms with E-state index in [0.717, 1.165) is 35.1 Å². The summed E-state index contributed by atoms with van der Waals surface area (Å²) < 4.78 is 22.8. The Morgan fingerprint density at radius 3 is 2.73 bits per heavy atom. The second kappa shape index (κ2) is 6.28. The molecule has 1 unspecified atom stereocenters. The van der Waals surface area contributed by atoms with Gasteiger partial charge < -0.3 is 0 Å². The van der Waals surface area contributed by atoms with Gasteiger partial charge in [0.25, 0.3) is 0 Å². The number of hydrogen-bond acceptors (Lipinski definition) is 3. The van der Waals surface area contributed by atoms with Gasteiger partial charge in [0, 0.05) is 0 Å². The summed E-state index contributed by atoms with van der Waals surface area (Å²) in [5.41, 5.74) is 1.27. The van der Waals surface area contributed by atoms with Crippen LogP contribution in [0.4, 0.5) is 4.39 Å². The molecule has 6 heteroatoms. The molecule has 0 aliphatic carbocycles. The average molecular weight is 410 g/mol. The van der Waals surface area contributed by atoms with Gasteiger partial charge >= 0.3 is 134 Å². The van der Waals surface area contributed by atoms with Crippen molar-refractivity contribution >= 4 is 22.1 Å². The third kappa shape index (κ3) is 3.35. The number of ether oxygens (including phenoxy) is 1. The average Bonchev–Trinajstić information content (AvgIpc) is 2.96. The van der Waals surface area contributed by atoms with E-state index in [2.05, 4.69) is 24.9 Å². The molecule has 1 aliphatic rings. The number of pyridine rings is 1. The van der Waals surface area contributed by atoms with Crippen molar-refractivity contribution in [2.45, 2.75) is 40.3 Å². The van der Waals surface area contributed by atoms with Crippen LogP contribution in [0.2, 0.25) is 14.8 Å². The summed E-state index contributed by atoms with van der Waals surface area (Å²) in [4.78, 5) is 10.9. The molecule has 0 amide bonds. The van der Waals surface area contributed by atoms with Gasteiger partial charge in [-0.25, -0.2) is 0 Å². The van der Waals surface area contributed by atoms with Gasteiger partial charge in [-0.3, -0.25) is 0 Å². The van der Waals surface area contributed by atoms with E-state index in [1.807, 2.05) is 18.3 Å². The van der Waals surface area contributed by atoms with E-state index in [-0.39, 0.29) is 6.23 Å². The molecule has 22 heavy (non-hydrogen) atoms. The number of halogens is 1. The summed E-state index contributed by atoms with van der Waals surface area (Å²) in [7, 11) is 0. The third-order valence-corrected chi connectivity index (χ3v) is 9.16. The number of aromatic nitrogens is 3. The van der Waals surface area contributed by atoms with Crippen molar-refractivity contribution in [3.05, 3.63) is 30.5 Å². The Balaban J connectivity index is 1.87. The van der Waals surface area contributed by atoms with Crippen molar-refractivity contribution in [2.75, 3.05) is 6.61 Å². The van der Waals surface area contributed by atoms with E-state index in [1.54, 1.807) is 10.9 Å². The van der Waals surface area contributed by atoms with Gasteiger partial charge in [-0.05, 0) is 0 Å². The first-order chi connectivity index (χ1) is 10.4. The summed E-state index contributed by atoms with van der Waals surface area (Å²) in [6.45, 7) is 0.767. The molecule has 3 rings (SSSR count). The van der Waals surface area contributed by atoms with Crippen LogP contribution in [0.3, 0.4) is 0 Å². The van der Waals surface area contributed by atoms with E-state index in [4.69, 9.17) is 4.74 Å². The second-order valence-corrected chi connectivity index (χ2v) is 21.1. The Morgan fingerprint density at radius 1 is 1.27 bits per heavy atom. The minimum atomic E-state index is -2.34. The molecule has 2 aromatic heterocycles. The fourth-order valence-corrected chi connectivity index (χ4v) is 5.54. The first-order valence-electron chi connectivity index (χ1n) is 7.78. The Labute approximate surface area is 134 Å². The van der Waals surface area contributed by atoms with Crippen molar-refractivity contribution in [2.24, 2.45) is 0 Å². The van der Waals surface area contributed by atoms with Crippen LogP contribution in [0, 0.1) is 5.95 Å². The van der Waals surface area contributed by atoms with Gasteiger partial charge in [-0.1, -0.05) is 0 Å². The first kappa shape index (κ1) is 15.9. The van der Waals surface area contributed by atoms with Gasteiger partial charge in [0.05, 0.1) is 0 Å².